The maximum atomic E-state index is 6.31. The first-order valence-electron chi connectivity index (χ1n) is 6.88. The molecule has 1 fully saturated rings. The van der Waals surface area contributed by atoms with Gasteiger partial charge >= 0.3 is 0 Å². The van der Waals surface area contributed by atoms with Crippen LogP contribution in [0, 0.1) is 5.92 Å². The molecule has 1 saturated heterocycles. The molecule has 1 aliphatic rings. The van der Waals surface area contributed by atoms with E-state index in [1.807, 2.05) is 0 Å². The van der Waals surface area contributed by atoms with E-state index in [9.17, 15) is 0 Å². The van der Waals surface area contributed by atoms with Gasteiger partial charge in [0.15, 0.2) is 0 Å². The average molecular weight is 296 g/mol. The predicted octanol–water partition coefficient (Wildman–Crippen LogP) is 4.14. The molecule has 1 aliphatic heterocycles. The minimum Gasteiger partial charge on any atom is -0.341 e. The van der Waals surface area contributed by atoms with Gasteiger partial charge in [0, 0.05) is 23.4 Å². The molecule has 0 aliphatic carbocycles. The lowest BCUT2D eigenvalue weighted by atomic mass is 10.00. The first-order chi connectivity index (χ1) is 9.17. The van der Waals surface area contributed by atoms with E-state index in [4.69, 9.17) is 16.6 Å². The van der Waals surface area contributed by atoms with Gasteiger partial charge in [0.2, 0.25) is 5.95 Å². The number of halogens is 1. The fraction of sp³-hybridized carbons (Fsp3) is 0.571. The van der Waals surface area contributed by atoms with Gasteiger partial charge in [0.1, 0.15) is 9.98 Å². The molecular formula is C14H18ClN3S. The number of rotatable bonds is 2. The van der Waals surface area contributed by atoms with Crippen LogP contribution in [-0.4, -0.2) is 23.1 Å². The summed E-state index contributed by atoms with van der Waals surface area (Å²) in [4.78, 5) is 13.8. The molecule has 0 bridgehead atoms. The van der Waals surface area contributed by atoms with Crippen LogP contribution in [-0.2, 0) is 6.42 Å². The summed E-state index contributed by atoms with van der Waals surface area (Å²) in [6.45, 7) is 6.53. The number of anilines is 1. The number of piperidine rings is 1. The quantitative estimate of drug-likeness (QED) is 0.780. The molecular weight excluding hydrogens is 278 g/mol. The smallest absolute Gasteiger partial charge is 0.228 e. The summed E-state index contributed by atoms with van der Waals surface area (Å²) < 4.78 is 0. The Morgan fingerprint density at radius 2 is 2.11 bits per heavy atom. The van der Waals surface area contributed by atoms with Crippen molar-refractivity contribution in [1.29, 1.82) is 0 Å². The van der Waals surface area contributed by atoms with Crippen molar-refractivity contribution in [2.24, 2.45) is 5.92 Å². The van der Waals surface area contributed by atoms with Gasteiger partial charge in [-0.2, -0.15) is 0 Å². The Balaban J connectivity index is 1.96. The molecule has 3 heterocycles. The summed E-state index contributed by atoms with van der Waals surface area (Å²) in [5, 5.41) is 1.59. The van der Waals surface area contributed by atoms with Gasteiger partial charge < -0.3 is 4.90 Å². The van der Waals surface area contributed by atoms with Crippen LogP contribution in [0.1, 0.15) is 31.6 Å². The minimum atomic E-state index is 0.592. The Morgan fingerprint density at radius 3 is 2.79 bits per heavy atom. The highest BCUT2D eigenvalue weighted by molar-refractivity contribution is 7.18. The highest BCUT2D eigenvalue weighted by Gasteiger charge is 2.19. The molecule has 0 atom stereocenters. The third-order valence-corrected chi connectivity index (χ3v) is 5.26. The lowest BCUT2D eigenvalue weighted by Crippen LogP contribution is -2.34. The Bertz CT molecular complexity index is 588. The van der Waals surface area contributed by atoms with Crippen LogP contribution in [0.4, 0.5) is 5.95 Å². The standard InChI is InChI=1S/C14H18ClN3S/c1-3-10-8-11-12(15)16-14(17-13(11)19-10)18-6-4-9(2)5-7-18/h8-9H,3-7H2,1-2H3. The molecule has 0 amide bonds. The molecule has 2 aromatic heterocycles. The Morgan fingerprint density at radius 1 is 1.37 bits per heavy atom. The molecule has 5 heteroatoms. The molecule has 2 aromatic rings. The van der Waals surface area contributed by atoms with E-state index in [-0.39, 0.29) is 0 Å². The number of aryl methyl sites for hydroxylation is 1. The molecule has 0 unspecified atom stereocenters. The lowest BCUT2D eigenvalue weighted by Gasteiger charge is -2.30. The molecule has 0 aromatic carbocycles. The first kappa shape index (κ1) is 13.1. The van der Waals surface area contributed by atoms with Gasteiger partial charge in [-0.05, 0) is 31.2 Å². The molecule has 102 valence electrons. The zero-order chi connectivity index (χ0) is 13.4. The summed E-state index contributed by atoms with van der Waals surface area (Å²) in [6, 6.07) is 2.12. The number of nitrogens with zero attached hydrogens (tertiary/aromatic N) is 3. The highest BCUT2D eigenvalue weighted by Crippen LogP contribution is 2.31. The molecule has 19 heavy (non-hydrogen) atoms. The Hall–Kier alpha value is -0.870. The Kier molecular flexibility index (Phi) is 3.63. The predicted molar refractivity (Wildman–Crippen MR) is 82.4 cm³/mol. The zero-order valence-corrected chi connectivity index (χ0v) is 12.9. The van der Waals surface area contributed by atoms with Gasteiger partial charge in [-0.15, -0.1) is 11.3 Å². The van der Waals surface area contributed by atoms with Gasteiger partial charge in [-0.25, -0.2) is 9.97 Å². The summed E-state index contributed by atoms with van der Waals surface area (Å²) in [5.41, 5.74) is 0. The third kappa shape index (κ3) is 2.56. The van der Waals surface area contributed by atoms with Crippen LogP contribution in [0.5, 0.6) is 0 Å². The van der Waals surface area contributed by atoms with Crippen molar-refractivity contribution < 1.29 is 0 Å². The molecule has 3 rings (SSSR count). The normalized spacial score (nSPS) is 17.3. The van der Waals surface area contributed by atoms with Crippen LogP contribution in [0.3, 0.4) is 0 Å². The molecule has 0 spiro atoms. The summed E-state index contributed by atoms with van der Waals surface area (Å²) in [6.07, 6.45) is 3.45. The van der Waals surface area contributed by atoms with E-state index < -0.39 is 0 Å². The topological polar surface area (TPSA) is 29.0 Å². The van der Waals surface area contributed by atoms with Gasteiger partial charge in [0.05, 0.1) is 0 Å². The maximum absolute atomic E-state index is 6.31. The lowest BCUT2D eigenvalue weighted by molar-refractivity contribution is 0.435. The van der Waals surface area contributed by atoms with Crippen LogP contribution in [0.2, 0.25) is 5.15 Å². The van der Waals surface area contributed by atoms with Crippen molar-refractivity contribution in [3.05, 3.63) is 16.1 Å². The average Bonchev–Trinajstić information content (AvgIpc) is 2.83. The second-order valence-corrected chi connectivity index (χ2v) is 6.74. The monoisotopic (exact) mass is 295 g/mol. The summed E-state index contributed by atoms with van der Waals surface area (Å²) in [5.74, 6) is 1.61. The number of fused-ring (bicyclic) bond motifs is 1. The van der Waals surface area contributed by atoms with Crippen LogP contribution < -0.4 is 4.90 Å². The third-order valence-electron chi connectivity index (χ3n) is 3.80. The van der Waals surface area contributed by atoms with E-state index in [1.54, 1.807) is 11.3 Å². The maximum Gasteiger partial charge on any atom is 0.228 e. The van der Waals surface area contributed by atoms with E-state index >= 15 is 0 Å². The Labute approximate surface area is 122 Å². The number of aromatic nitrogens is 2. The minimum absolute atomic E-state index is 0.592. The summed E-state index contributed by atoms with van der Waals surface area (Å²) >= 11 is 8.04. The first-order valence-corrected chi connectivity index (χ1v) is 8.07. The largest absolute Gasteiger partial charge is 0.341 e. The van der Waals surface area contributed by atoms with Crippen molar-refractivity contribution >= 4 is 39.1 Å². The van der Waals surface area contributed by atoms with Crippen molar-refractivity contribution in [3.8, 4) is 0 Å². The molecule has 0 radical (unpaired) electrons. The van der Waals surface area contributed by atoms with Gasteiger partial charge in [-0.3, -0.25) is 0 Å². The van der Waals surface area contributed by atoms with Gasteiger partial charge in [-0.1, -0.05) is 25.4 Å². The van der Waals surface area contributed by atoms with Crippen LogP contribution >= 0.6 is 22.9 Å². The van der Waals surface area contributed by atoms with Crippen molar-refractivity contribution in [2.45, 2.75) is 33.1 Å². The molecule has 0 N–H and O–H groups in total. The molecule has 3 nitrogen and oxygen atoms in total. The SMILES string of the molecule is CCc1cc2c(Cl)nc(N3CCC(C)CC3)nc2s1. The number of hydrogen-bond donors (Lipinski definition) is 0. The van der Waals surface area contributed by atoms with Gasteiger partial charge in [0.25, 0.3) is 0 Å². The van der Waals surface area contributed by atoms with E-state index in [1.165, 1.54) is 17.7 Å². The number of hydrogen-bond acceptors (Lipinski definition) is 4. The fourth-order valence-electron chi connectivity index (χ4n) is 2.45. The molecule has 0 saturated carbocycles. The number of thiophene rings is 1. The van der Waals surface area contributed by atoms with E-state index in [2.05, 4.69) is 29.8 Å². The van der Waals surface area contributed by atoms with Crippen LogP contribution in [0.25, 0.3) is 10.2 Å². The van der Waals surface area contributed by atoms with Crippen molar-refractivity contribution in [2.75, 3.05) is 18.0 Å². The second kappa shape index (κ2) is 5.25. The second-order valence-electron chi connectivity index (χ2n) is 5.27. The van der Waals surface area contributed by atoms with Crippen molar-refractivity contribution in [1.82, 2.24) is 9.97 Å². The summed E-state index contributed by atoms with van der Waals surface area (Å²) in [7, 11) is 0. The fourth-order valence-corrected chi connectivity index (χ4v) is 3.69. The van der Waals surface area contributed by atoms with Crippen LogP contribution in [0.15, 0.2) is 6.07 Å². The van der Waals surface area contributed by atoms with Crippen molar-refractivity contribution in [3.63, 3.8) is 0 Å². The van der Waals surface area contributed by atoms with E-state index in [0.29, 0.717) is 5.15 Å². The van der Waals surface area contributed by atoms with E-state index in [0.717, 1.165) is 41.6 Å². The zero-order valence-electron chi connectivity index (χ0n) is 11.3. The highest BCUT2D eigenvalue weighted by atomic mass is 35.5.